The Balaban J connectivity index is 1.47. The molecule has 2 N–H and O–H groups in total. The number of benzene rings is 1. The second kappa shape index (κ2) is 10.0. The molecular weight excluding hydrogens is 350 g/mol. The predicted octanol–water partition coefficient (Wildman–Crippen LogP) is 3.42. The zero-order valence-electron chi connectivity index (χ0n) is 16.4. The first-order chi connectivity index (χ1) is 13.6. The van der Waals surface area contributed by atoms with E-state index < -0.39 is 0 Å². The highest BCUT2D eigenvalue weighted by molar-refractivity contribution is 5.78. The molecule has 1 aliphatic carbocycles. The van der Waals surface area contributed by atoms with Gasteiger partial charge in [0.05, 0.1) is 18.2 Å². The molecule has 2 aromatic rings. The van der Waals surface area contributed by atoms with Gasteiger partial charge in [0, 0.05) is 19.7 Å². The zero-order chi connectivity index (χ0) is 19.8. The molecule has 5 heteroatoms. The van der Waals surface area contributed by atoms with Crippen molar-refractivity contribution in [1.82, 2.24) is 15.6 Å². The molecule has 1 atom stereocenters. The van der Waals surface area contributed by atoms with Crippen molar-refractivity contribution >= 4 is 11.8 Å². The molecule has 0 spiro atoms. The number of aromatic nitrogens is 1. The lowest BCUT2D eigenvalue weighted by molar-refractivity contribution is -0.121. The highest BCUT2D eigenvalue weighted by Gasteiger charge is 2.30. The van der Waals surface area contributed by atoms with Crippen molar-refractivity contribution < 1.29 is 9.59 Å². The third-order valence-electron chi connectivity index (χ3n) is 5.52. The third kappa shape index (κ3) is 5.91. The van der Waals surface area contributed by atoms with Gasteiger partial charge in [-0.1, -0.05) is 36.4 Å². The van der Waals surface area contributed by atoms with Crippen molar-refractivity contribution in [3.63, 3.8) is 0 Å². The number of pyridine rings is 1. The molecule has 0 saturated heterocycles. The molecule has 1 aliphatic rings. The van der Waals surface area contributed by atoms with Crippen molar-refractivity contribution in [2.24, 2.45) is 11.8 Å². The van der Waals surface area contributed by atoms with Gasteiger partial charge < -0.3 is 10.6 Å². The van der Waals surface area contributed by atoms with Crippen LogP contribution in [0.25, 0.3) is 0 Å². The Morgan fingerprint density at radius 2 is 1.75 bits per heavy atom. The SMILES string of the molecule is CC(=O)N[C@@H](c1ccccn1)C1CCC(CNC(=O)Cc2ccccc2)CC1. The Kier molecular flexibility index (Phi) is 7.18. The minimum atomic E-state index is -0.0349. The number of nitrogens with one attached hydrogen (secondary N) is 2. The molecule has 28 heavy (non-hydrogen) atoms. The Labute approximate surface area is 167 Å². The van der Waals surface area contributed by atoms with Crippen molar-refractivity contribution in [2.45, 2.75) is 45.1 Å². The summed E-state index contributed by atoms with van der Waals surface area (Å²) >= 11 is 0. The maximum absolute atomic E-state index is 12.2. The summed E-state index contributed by atoms with van der Waals surface area (Å²) in [5, 5.41) is 6.17. The lowest BCUT2D eigenvalue weighted by Crippen LogP contribution is -2.36. The normalized spacial score (nSPS) is 20.2. The first-order valence-corrected chi connectivity index (χ1v) is 10.1. The first-order valence-electron chi connectivity index (χ1n) is 10.1. The van der Waals surface area contributed by atoms with Crippen LogP contribution >= 0.6 is 0 Å². The lowest BCUT2D eigenvalue weighted by Gasteiger charge is -2.34. The number of rotatable bonds is 7. The predicted molar refractivity (Wildman–Crippen MR) is 109 cm³/mol. The summed E-state index contributed by atoms with van der Waals surface area (Å²) in [6, 6.07) is 15.6. The molecule has 0 bridgehead atoms. The van der Waals surface area contributed by atoms with Gasteiger partial charge in [0.15, 0.2) is 0 Å². The van der Waals surface area contributed by atoms with Crippen LogP contribution in [-0.2, 0) is 16.0 Å². The van der Waals surface area contributed by atoms with Crippen LogP contribution in [0.5, 0.6) is 0 Å². The van der Waals surface area contributed by atoms with Crippen molar-refractivity contribution in [3.8, 4) is 0 Å². The summed E-state index contributed by atoms with van der Waals surface area (Å²) in [5.41, 5.74) is 1.97. The largest absolute Gasteiger partial charge is 0.356 e. The maximum atomic E-state index is 12.2. The average molecular weight is 380 g/mol. The van der Waals surface area contributed by atoms with Crippen LogP contribution < -0.4 is 10.6 Å². The number of hydrogen-bond donors (Lipinski definition) is 2. The van der Waals surface area contributed by atoms with Crippen LogP contribution in [0.1, 0.15) is 49.9 Å². The number of nitrogens with zero attached hydrogens (tertiary/aromatic N) is 1. The Morgan fingerprint density at radius 1 is 1.04 bits per heavy atom. The number of carbonyl (C=O) groups is 2. The quantitative estimate of drug-likeness (QED) is 0.774. The standard InChI is InChI=1S/C23H29N3O2/c1-17(27)26-23(21-9-5-6-14-24-21)20-12-10-19(11-13-20)16-25-22(28)15-18-7-3-2-4-8-18/h2-9,14,19-20,23H,10-13,15-16H2,1H3,(H,25,28)(H,26,27)/t19?,20?,23-/m1/s1. The van der Waals surface area contributed by atoms with E-state index in [4.69, 9.17) is 0 Å². The summed E-state index contributed by atoms with van der Waals surface area (Å²) in [6.07, 6.45) is 6.37. The van der Waals surface area contributed by atoms with Crippen LogP contribution in [0.2, 0.25) is 0 Å². The molecule has 148 valence electrons. The third-order valence-corrected chi connectivity index (χ3v) is 5.52. The minimum Gasteiger partial charge on any atom is -0.356 e. The highest BCUT2D eigenvalue weighted by Crippen LogP contribution is 2.36. The average Bonchev–Trinajstić information content (AvgIpc) is 2.72. The second-order valence-corrected chi connectivity index (χ2v) is 7.68. The summed E-state index contributed by atoms with van der Waals surface area (Å²) in [7, 11) is 0. The van der Waals surface area contributed by atoms with E-state index in [0.717, 1.165) is 43.5 Å². The molecule has 1 heterocycles. The molecule has 2 amide bonds. The van der Waals surface area contributed by atoms with E-state index in [1.54, 1.807) is 13.1 Å². The molecule has 1 fully saturated rings. The summed E-state index contributed by atoms with van der Waals surface area (Å²) in [6.45, 7) is 2.29. The Hall–Kier alpha value is -2.69. The molecule has 0 unspecified atom stereocenters. The van der Waals surface area contributed by atoms with E-state index in [1.807, 2.05) is 48.5 Å². The molecular formula is C23H29N3O2. The summed E-state index contributed by atoms with van der Waals surface area (Å²) < 4.78 is 0. The van der Waals surface area contributed by atoms with Crippen molar-refractivity contribution in [3.05, 3.63) is 66.0 Å². The van der Waals surface area contributed by atoms with Crippen molar-refractivity contribution in [1.29, 1.82) is 0 Å². The van der Waals surface area contributed by atoms with Crippen LogP contribution in [0, 0.1) is 11.8 Å². The van der Waals surface area contributed by atoms with Gasteiger partial charge >= 0.3 is 0 Å². The minimum absolute atomic E-state index is 0.0223. The molecule has 1 saturated carbocycles. The highest BCUT2D eigenvalue weighted by atomic mass is 16.2. The first kappa shape index (κ1) is 20.1. The second-order valence-electron chi connectivity index (χ2n) is 7.68. The Morgan fingerprint density at radius 3 is 2.39 bits per heavy atom. The van der Waals surface area contributed by atoms with Crippen LogP contribution in [-0.4, -0.2) is 23.3 Å². The fraction of sp³-hybridized carbons (Fsp3) is 0.435. The van der Waals surface area contributed by atoms with Gasteiger partial charge in [-0.25, -0.2) is 0 Å². The molecule has 0 radical (unpaired) electrons. The number of hydrogen-bond acceptors (Lipinski definition) is 3. The van der Waals surface area contributed by atoms with E-state index in [-0.39, 0.29) is 17.9 Å². The van der Waals surface area contributed by atoms with Gasteiger partial charge in [-0.2, -0.15) is 0 Å². The van der Waals surface area contributed by atoms with Gasteiger partial charge in [0.1, 0.15) is 0 Å². The number of amides is 2. The number of carbonyl (C=O) groups excluding carboxylic acids is 2. The molecule has 1 aromatic heterocycles. The zero-order valence-corrected chi connectivity index (χ0v) is 16.4. The topological polar surface area (TPSA) is 71.1 Å². The maximum Gasteiger partial charge on any atom is 0.224 e. The fourth-order valence-electron chi connectivity index (χ4n) is 4.04. The molecule has 3 rings (SSSR count). The molecule has 0 aliphatic heterocycles. The monoisotopic (exact) mass is 379 g/mol. The fourth-order valence-corrected chi connectivity index (χ4v) is 4.04. The van der Waals surface area contributed by atoms with Gasteiger partial charge in [-0.05, 0) is 55.2 Å². The van der Waals surface area contributed by atoms with Crippen LogP contribution in [0.3, 0.4) is 0 Å². The van der Waals surface area contributed by atoms with Gasteiger partial charge in [-0.3, -0.25) is 14.6 Å². The van der Waals surface area contributed by atoms with E-state index in [2.05, 4.69) is 15.6 Å². The van der Waals surface area contributed by atoms with Crippen LogP contribution in [0.4, 0.5) is 0 Å². The van der Waals surface area contributed by atoms with E-state index in [1.165, 1.54) is 0 Å². The molecule has 5 nitrogen and oxygen atoms in total. The van der Waals surface area contributed by atoms with Gasteiger partial charge in [0.25, 0.3) is 0 Å². The van der Waals surface area contributed by atoms with E-state index in [9.17, 15) is 9.59 Å². The van der Waals surface area contributed by atoms with Crippen LogP contribution in [0.15, 0.2) is 54.7 Å². The van der Waals surface area contributed by atoms with E-state index >= 15 is 0 Å². The summed E-state index contributed by atoms with van der Waals surface area (Å²) in [5.74, 6) is 0.941. The Bertz CT molecular complexity index is 756. The van der Waals surface area contributed by atoms with Gasteiger partial charge in [0.2, 0.25) is 11.8 Å². The lowest BCUT2D eigenvalue weighted by atomic mass is 9.77. The molecule has 1 aromatic carbocycles. The summed E-state index contributed by atoms with van der Waals surface area (Å²) in [4.78, 5) is 28.3. The van der Waals surface area contributed by atoms with Gasteiger partial charge in [-0.15, -0.1) is 0 Å². The smallest absolute Gasteiger partial charge is 0.224 e. The van der Waals surface area contributed by atoms with Crippen molar-refractivity contribution in [2.75, 3.05) is 6.54 Å². The van der Waals surface area contributed by atoms with E-state index in [0.29, 0.717) is 18.3 Å².